The molecule has 0 saturated carbocycles. The van der Waals surface area contributed by atoms with Crippen molar-refractivity contribution in [1.82, 2.24) is 10.6 Å². The van der Waals surface area contributed by atoms with Crippen LogP contribution in [0.15, 0.2) is 54.6 Å². The Morgan fingerprint density at radius 2 is 1.44 bits per heavy atom. The Bertz CT molecular complexity index is 794. The van der Waals surface area contributed by atoms with E-state index in [0.717, 1.165) is 5.56 Å². The molecule has 0 heterocycles. The van der Waals surface area contributed by atoms with Gasteiger partial charge in [-0.25, -0.2) is 4.39 Å². The fourth-order valence-corrected chi connectivity index (χ4v) is 2.66. The number of rotatable bonds is 8. The highest BCUT2D eigenvalue weighted by Crippen LogP contribution is 2.08. The summed E-state index contributed by atoms with van der Waals surface area (Å²) in [5.74, 6) is -1.99. The van der Waals surface area contributed by atoms with Crippen molar-refractivity contribution < 1.29 is 18.8 Å². The maximum absolute atomic E-state index is 13.1. The number of halogens is 1. The van der Waals surface area contributed by atoms with Gasteiger partial charge in [-0.1, -0.05) is 42.5 Å². The SMILES string of the molecule is CC(=O)N[C@@H](Cc1ccc(F)cc1)C(=O)N[C@H](Cc1ccccc1)C(N)=O. The molecule has 0 bridgehead atoms. The van der Waals surface area contributed by atoms with Gasteiger partial charge < -0.3 is 16.4 Å². The second kappa shape index (κ2) is 9.47. The molecule has 2 aromatic carbocycles. The number of benzene rings is 2. The molecule has 142 valence electrons. The van der Waals surface area contributed by atoms with E-state index < -0.39 is 35.6 Å². The van der Waals surface area contributed by atoms with Gasteiger partial charge in [0.1, 0.15) is 17.9 Å². The van der Waals surface area contributed by atoms with Crippen LogP contribution in [0.4, 0.5) is 4.39 Å². The molecule has 7 heteroatoms. The van der Waals surface area contributed by atoms with Crippen molar-refractivity contribution in [2.24, 2.45) is 5.73 Å². The van der Waals surface area contributed by atoms with Crippen LogP contribution in [0.25, 0.3) is 0 Å². The molecule has 0 fully saturated rings. The number of hydrogen-bond donors (Lipinski definition) is 3. The molecule has 0 aliphatic heterocycles. The van der Waals surface area contributed by atoms with Crippen LogP contribution < -0.4 is 16.4 Å². The molecular weight excluding hydrogens is 349 g/mol. The molecule has 0 aromatic heterocycles. The second-order valence-corrected chi connectivity index (χ2v) is 6.24. The van der Waals surface area contributed by atoms with Gasteiger partial charge in [-0.3, -0.25) is 14.4 Å². The lowest BCUT2D eigenvalue weighted by atomic mass is 10.0. The minimum Gasteiger partial charge on any atom is -0.368 e. The van der Waals surface area contributed by atoms with Gasteiger partial charge in [0.05, 0.1) is 0 Å². The van der Waals surface area contributed by atoms with Crippen molar-refractivity contribution >= 4 is 17.7 Å². The minimum absolute atomic E-state index is 0.155. The van der Waals surface area contributed by atoms with Crippen molar-refractivity contribution in [1.29, 1.82) is 0 Å². The quantitative estimate of drug-likeness (QED) is 0.647. The van der Waals surface area contributed by atoms with Gasteiger partial charge in [-0.05, 0) is 23.3 Å². The van der Waals surface area contributed by atoms with Gasteiger partial charge in [-0.15, -0.1) is 0 Å². The average molecular weight is 371 g/mol. The van der Waals surface area contributed by atoms with Gasteiger partial charge in [0, 0.05) is 19.8 Å². The van der Waals surface area contributed by atoms with Gasteiger partial charge in [0.2, 0.25) is 17.7 Å². The monoisotopic (exact) mass is 371 g/mol. The van der Waals surface area contributed by atoms with Crippen LogP contribution in [0.2, 0.25) is 0 Å². The molecule has 0 aliphatic carbocycles. The largest absolute Gasteiger partial charge is 0.368 e. The van der Waals surface area contributed by atoms with Crippen LogP contribution in [0.1, 0.15) is 18.1 Å². The van der Waals surface area contributed by atoms with E-state index in [9.17, 15) is 18.8 Å². The maximum Gasteiger partial charge on any atom is 0.243 e. The number of amides is 3. The number of nitrogens with one attached hydrogen (secondary N) is 2. The Balaban J connectivity index is 2.10. The lowest BCUT2D eigenvalue weighted by Gasteiger charge is -2.22. The first-order chi connectivity index (χ1) is 12.8. The van der Waals surface area contributed by atoms with E-state index in [-0.39, 0.29) is 12.8 Å². The second-order valence-electron chi connectivity index (χ2n) is 6.24. The van der Waals surface area contributed by atoms with Gasteiger partial charge in [0.15, 0.2) is 0 Å². The Hall–Kier alpha value is -3.22. The standard InChI is InChI=1S/C20H22FN3O3/c1-13(25)23-18(12-15-7-9-16(21)10-8-15)20(27)24-17(19(22)26)11-14-5-3-2-4-6-14/h2-10,17-18H,11-12H2,1H3,(H2,22,26)(H,23,25)(H,24,27)/t17-,18+/m1/s1. The summed E-state index contributed by atoms with van der Waals surface area (Å²) in [6, 6.07) is 12.9. The van der Waals surface area contributed by atoms with Crippen molar-refractivity contribution in [3.8, 4) is 0 Å². The van der Waals surface area contributed by atoms with Gasteiger partial charge in [-0.2, -0.15) is 0 Å². The molecule has 4 N–H and O–H groups in total. The van der Waals surface area contributed by atoms with Crippen LogP contribution in [-0.4, -0.2) is 29.8 Å². The third-order valence-corrected chi connectivity index (χ3v) is 3.99. The van der Waals surface area contributed by atoms with E-state index in [2.05, 4.69) is 10.6 Å². The first-order valence-corrected chi connectivity index (χ1v) is 8.50. The zero-order valence-corrected chi connectivity index (χ0v) is 14.9. The number of nitrogens with two attached hydrogens (primary N) is 1. The molecule has 0 radical (unpaired) electrons. The topological polar surface area (TPSA) is 101 Å². The molecule has 0 aliphatic rings. The molecule has 2 aromatic rings. The lowest BCUT2D eigenvalue weighted by molar-refractivity contribution is -0.130. The van der Waals surface area contributed by atoms with Crippen molar-refractivity contribution in [3.63, 3.8) is 0 Å². The van der Waals surface area contributed by atoms with E-state index in [1.807, 2.05) is 30.3 Å². The fourth-order valence-electron chi connectivity index (χ4n) is 2.66. The van der Waals surface area contributed by atoms with Crippen molar-refractivity contribution in [2.75, 3.05) is 0 Å². The summed E-state index contributed by atoms with van der Waals surface area (Å²) >= 11 is 0. The smallest absolute Gasteiger partial charge is 0.243 e. The third kappa shape index (κ3) is 6.54. The van der Waals surface area contributed by atoms with E-state index in [4.69, 9.17) is 5.73 Å². The molecule has 27 heavy (non-hydrogen) atoms. The van der Waals surface area contributed by atoms with Crippen LogP contribution in [0, 0.1) is 5.82 Å². The van der Waals surface area contributed by atoms with Crippen LogP contribution >= 0.6 is 0 Å². The van der Waals surface area contributed by atoms with Gasteiger partial charge >= 0.3 is 0 Å². The molecule has 0 spiro atoms. The first kappa shape index (κ1) is 20.1. The summed E-state index contributed by atoms with van der Waals surface area (Å²) in [5.41, 5.74) is 6.93. The molecule has 0 unspecified atom stereocenters. The summed E-state index contributed by atoms with van der Waals surface area (Å²) in [6.07, 6.45) is 0.397. The highest BCUT2D eigenvalue weighted by atomic mass is 19.1. The summed E-state index contributed by atoms with van der Waals surface area (Å²) in [6.45, 7) is 1.29. The first-order valence-electron chi connectivity index (χ1n) is 8.50. The fraction of sp³-hybridized carbons (Fsp3) is 0.250. The average Bonchev–Trinajstić information content (AvgIpc) is 2.62. The molecular formula is C20H22FN3O3. The summed E-state index contributed by atoms with van der Waals surface area (Å²) in [5, 5.41) is 5.15. The Labute approximate surface area is 156 Å². The van der Waals surface area contributed by atoms with Crippen LogP contribution in [-0.2, 0) is 27.2 Å². The number of hydrogen-bond acceptors (Lipinski definition) is 3. The Morgan fingerprint density at radius 3 is 2.00 bits per heavy atom. The zero-order valence-electron chi connectivity index (χ0n) is 14.9. The number of primary amides is 1. The summed E-state index contributed by atoms with van der Waals surface area (Å²) in [4.78, 5) is 35.9. The Morgan fingerprint density at radius 1 is 0.889 bits per heavy atom. The molecule has 2 rings (SSSR count). The Kier molecular flexibility index (Phi) is 7.05. The normalized spacial score (nSPS) is 12.7. The number of carbonyl (C=O) groups excluding carboxylic acids is 3. The predicted molar refractivity (Wildman–Crippen MR) is 99.0 cm³/mol. The highest BCUT2D eigenvalue weighted by Gasteiger charge is 2.25. The van der Waals surface area contributed by atoms with E-state index >= 15 is 0 Å². The van der Waals surface area contributed by atoms with Crippen LogP contribution in [0.5, 0.6) is 0 Å². The van der Waals surface area contributed by atoms with E-state index in [0.29, 0.717) is 5.56 Å². The van der Waals surface area contributed by atoms with E-state index in [1.165, 1.54) is 31.2 Å². The molecule has 0 saturated heterocycles. The molecule has 2 atom stereocenters. The van der Waals surface area contributed by atoms with E-state index in [1.54, 1.807) is 0 Å². The maximum atomic E-state index is 13.1. The highest BCUT2D eigenvalue weighted by molar-refractivity contribution is 5.91. The van der Waals surface area contributed by atoms with Gasteiger partial charge in [0.25, 0.3) is 0 Å². The zero-order chi connectivity index (χ0) is 19.8. The molecule has 3 amide bonds. The summed E-state index contributed by atoms with van der Waals surface area (Å²) < 4.78 is 13.1. The molecule has 6 nitrogen and oxygen atoms in total. The number of carbonyl (C=O) groups is 3. The van der Waals surface area contributed by atoms with Crippen LogP contribution in [0.3, 0.4) is 0 Å². The summed E-state index contributed by atoms with van der Waals surface area (Å²) in [7, 11) is 0. The predicted octanol–water partition coefficient (Wildman–Crippen LogP) is 1.09. The lowest BCUT2D eigenvalue weighted by Crippen LogP contribution is -2.54. The van der Waals surface area contributed by atoms with Crippen molar-refractivity contribution in [3.05, 3.63) is 71.5 Å². The van der Waals surface area contributed by atoms with Crippen molar-refractivity contribution in [2.45, 2.75) is 31.8 Å². The third-order valence-electron chi connectivity index (χ3n) is 3.99. The minimum atomic E-state index is -0.913.